The van der Waals surface area contributed by atoms with Gasteiger partial charge in [0.25, 0.3) is 0 Å². The van der Waals surface area contributed by atoms with E-state index in [9.17, 15) is 9.59 Å². The monoisotopic (exact) mass is 517 g/mol. The van der Waals surface area contributed by atoms with Gasteiger partial charge in [-0.1, -0.05) is 35.5 Å². The molecule has 2 bridgehead atoms. The Balaban J connectivity index is 1.40. The first-order valence-electron chi connectivity index (χ1n) is 13.2. The molecule has 2 aliphatic heterocycles. The van der Waals surface area contributed by atoms with Gasteiger partial charge in [-0.25, -0.2) is 4.98 Å². The molecule has 11 heteroatoms. The summed E-state index contributed by atoms with van der Waals surface area (Å²) in [5, 5.41) is 14.8. The molecule has 2 aliphatic rings. The standard InChI is InChI=1S/C27H35N9O2/c1-34(2)23-9-13-29-26(31-23)35-15-10-27(11-16-35)18-21-19-36(33-32-21)14-6-12-28-24(37)22(30-25(27)38)17-20-7-4-3-5-8-20/h3-5,7-9,13,19,22H,6,10-12,14-18H2,1-2H3,(H,28,37)(H,30,38)/t22-/m0/s1. The number of anilines is 2. The average molecular weight is 518 g/mol. The van der Waals surface area contributed by atoms with Crippen LogP contribution in [-0.2, 0) is 29.0 Å². The normalized spacial score (nSPS) is 20.1. The summed E-state index contributed by atoms with van der Waals surface area (Å²) in [6, 6.07) is 11.0. The lowest BCUT2D eigenvalue weighted by Crippen LogP contribution is -2.56. The maximum atomic E-state index is 14.0. The summed E-state index contributed by atoms with van der Waals surface area (Å²) in [5.74, 6) is 1.20. The third-order valence-corrected chi connectivity index (χ3v) is 7.44. The summed E-state index contributed by atoms with van der Waals surface area (Å²) in [5.41, 5.74) is 1.07. The zero-order chi connectivity index (χ0) is 26.5. The first kappa shape index (κ1) is 25.6. The quantitative estimate of drug-likeness (QED) is 0.530. The molecule has 2 amide bonds. The Bertz CT molecular complexity index is 1250. The van der Waals surface area contributed by atoms with E-state index in [4.69, 9.17) is 0 Å². The number of carbonyl (C=O) groups excluding carboxylic acids is 2. The Morgan fingerprint density at radius 2 is 1.87 bits per heavy atom. The van der Waals surface area contributed by atoms with Gasteiger partial charge in [-0.05, 0) is 30.9 Å². The van der Waals surface area contributed by atoms with E-state index in [1.807, 2.05) is 61.6 Å². The van der Waals surface area contributed by atoms with Crippen molar-refractivity contribution in [1.29, 1.82) is 0 Å². The number of carbonyl (C=O) groups is 2. The highest BCUT2D eigenvalue weighted by Gasteiger charge is 2.44. The zero-order valence-corrected chi connectivity index (χ0v) is 22.0. The molecule has 4 heterocycles. The number of fused-ring (bicyclic) bond motifs is 2. The van der Waals surface area contributed by atoms with Crippen LogP contribution >= 0.6 is 0 Å². The van der Waals surface area contributed by atoms with Crippen LogP contribution in [0, 0.1) is 5.41 Å². The maximum Gasteiger partial charge on any atom is 0.242 e. The molecule has 1 fully saturated rings. The SMILES string of the molecule is CN(C)c1ccnc(N2CCC3(CC2)Cc2cn(nn2)CCCNC(=O)[C@H](Cc2ccccc2)NC3=O)n1. The number of benzene rings is 1. The molecule has 0 radical (unpaired) electrons. The fourth-order valence-electron chi connectivity index (χ4n) is 5.18. The Labute approximate surface area is 222 Å². The number of nitrogens with zero attached hydrogens (tertiary/aromatic N) is 7. The van der Waals surface area contributed by atoms with Gasteiger partial charge in [-0.15, -0.1) is 5.10 Å². The molecular weight excluding hydrogens is 482 g/mol. The topological polar surface area (TPSA) is 121 Å². The second-order valence-electron chi connectivity index (χ2n) is 10.4. The lowest BCUT2D eigenvalue weighted by Gasteiger charge is -2.41. The third-order valence-electron chi connectivity index (χ3n) is 7.44. The van der Waals surface area contributed by atoms with E-state index in [0.717, 1.165) is 23.5 Å². The number of piperidine rings is 1. The first-order chi connectivity index (χ1) is 18.4. The predicted molar refractivity (Wildman–Crippen MR) is 144 cm³/mol. The van der Waals surface area contributed by atoms with Gasteiger partial charge in [0.15, 0.2) is 0 Å². The van der Waals surface area contributed by atoms with Gasteiger partial charge in [-0.3, -0.25) is 14.3 Å². The molecule has 0 unspecified atom stereocenters. The van der Waals surface area contributed by atoms with Crippen LogP contribution in [0.1, 0.15) is 30.5 Å². The van der Waals surface area contributed by atoms with Crippen molar-refractivity contribution < 1.29 is 9.59 Å². The van der Waals surface area contributed by atoms with Crippen LogP contribution in [-0.4, -0.2) is 76.5 Å². The molecule has 1 aromatic carbocycles. The number of amides is 2. The van der Waals surface area contributed by atoms with Crippen molar-refractivity contribution in [3.63, 3.8) is 0 Å². The summed E-state index contributed by atoms with van der Waals surface area (Å²) < 4.78 is 1.79. The number of aryl methyl sites for hydroxylation is 1. The molecular formula is C27H35N9O2. The summed E-state index contributed by atoms with van der Waals surface area (Å²) in [4.78, 5) is 40.5. The third kappa shape index (κ3) is 5.76. The van der Waals surface area contributed by atoms with Gasteiger partial charge in [0.1, 0.15) is 11.9 Å². The van der Waals surface area contributed by atoms with Gasteiger partial charge in [-0.2, -0.15) is 4.98 Å². The van der Waals surface area contributed by atoms with Crippen molar-refractivity contribution in [2.24, 2.45) is 5.41 Å². The van der Waals surface area contributed by atoms with Crippen LogP contribution in [0.5, 0.6) is 0 Å². The molecule has 38 heavy (non-hydrogen) atoms. The minimum absolute atomic E-state index is 0.120. The molecule has 200 valence electrons. The Morgan fingerprint density at radius 1 is 1.08 bits per heavy atom. The van der Waals surface area contributed by atoms with E-state index in [-0.39, 0.29) is 11.8 Å². The van der Waals surface area contributed by atoms with Gasteiger partial charge in [0.05, 0.1) is 11.1 Å². The predicted octanol–water partition coefficient (Wildman–Crippen LogP) is 1.21. The van der Waals surface area contributed by atoms with Crippen molar-refractivity contribution in [1.82, 2.24) is 35.6 Å². The fourth-order valence-corrected chi connectivity index (χ4v) is 5.18. The van der Waals surface area contributed by atoms with E-state index in [2.05, 4.69) is 35.8 Å². The highest BCUT2D eigenvalue weighted by atomic mass is 16.2. The van der Waals surface area contributed by atoms with Gasteiger partial charge in [0.2, 0.25) is 17.8 Å². The van der Waals surface area contributed by atoms with Gasteiger partial charge < -0.3 is 20.4 Å². The van der Waals surface area contributed by atoms with Crippen molar-refractivity contribution >= 4 is 23.6 Å². The fraction of sp³-hybridized carbons (Fsp3) is 0.481. The Hall–Kier alpha value is -4.02. The Kier molecular flexibility index (Phi) is 7.52. The molecule has 5 rings (SSSR count). The number of hydrogen-bond donors (Lipinski definition) is 2. The van der Waals surface area contributed by atoms with E-state index >= 15 is 0 Å². The summed E-state index contributed by atoms with van der Waals surface area (Å²) in [6.07, 6.45) is 6.48. The Morgan fingerprint density at radius 3 is 2.63 bits per heavy atom. The van der Waals surface area contributed by atoms with Crippen molar-refractivity contribution in [3.8, 4) is 0 Å². The highest BCUT2D eigenvalue weighted by molar-refractivity contribution is 5.90. The average Bonchev–Trinajstić information content (AvgIpc) is 3.38. The van der Waals surface area contributed by atoms with E-state index in [0.29, 0.717) is 57.8 Å². The van der Waals surface area contributed by atoms with Crippen LogP contribution in [0.4, 0.5) is 11.8 Å². The van der Waals surface area contributed by atoms with Crippen LogP contribution in [0.2, 0.25) is 0 Å². The molecule has 1 atom stereocenters. The number of rotatable bonds is 4. The number of nitrogens with one attached hydrogen (secondary N) is 2. The number of hydrogen-bond acceptors (Lipinski definition) is 8. The van der Waals surface area contributed by atoms with E-state index < -0.39 is 11.5 Å². The van der Waals surface area contributed by atoms with Crippen LogP contribution in [0.15, 0.2) is 48.8 Å². The second kappa shape index (κ2) is 11.2. The smallest absolute Gasteiger partial charge is 0.242 e. The van der Waals surface area contributed by atoms with Crippen LogP contribution in [0.25, 0.3) is 0 Å². The van der Waals surface area contributed by atoms with Gasteiger partial charge in [0, 0.05) is 65.5 Å². The molecule has 1 spiro atoms. The first-order valence-corrected chi connectivity index (χ1v) is 13.2. The van der Waals surface area contributed by atoms with Crippen molar-refractivity contribution in [2.75, 3.05) is 43.5 Å². The minimum Gasteiger partial charge on any atom is -0.363 e. The highest BCUT2D eigenvalue weighted by Crippen LogP contribution is 2.36. The van der Waals surface area contributed by atoms with Crippen LogP contribution in [0.3, 0.4) is 0 Å². The molecule has 0 saturated carbocycles. The number of aromatic nitrogens is 5. The zero-order valence-electron chi connectivity index (χ0n) is 22.0. The van der Waals surface area contributed by atoms with Crippen LogP contribution < -0.4 is 20.4 Å². The van der Waals surface area contributed by atoms with E-state index in [1.165, 1.54) is 0 Å². The largest absolute Gasteiger partial charge is 0.363 e. The molecule has 1 saturated heterocycles. The van der Waals surface area contributed by atoms with Gasteiger partial charge >= 0.3 is 0 Å². The van der Waals surface area contributed by atoms with Crippen molar-refractivity contribution in [2.45, 2.75) is 44.7 Å². The summed E-state index contributed by atoms with van der Waals surface area (Å²) in [6.45, 7) is 2.39. The molecule has 2 N–H and O–H groups in total. The summed E-state index contributed by atoms with van der Waals surface area (Å²) in [7, 11) is 3.90. The lowest BCUT2D eigenvalue weighted by molar-refractivity contribution is -0.136. The van der Waals surface area contributed by atoms with Crippen molar-refractivity contribution in [3.05, 3.63) is 60.0 Å². The molecule has 0 aliphatic carbocycles. The maximum absolute atomic E-state index is 14.0. The minimum atomic E-state index is -0.722. The molecule has 2 aromatic heterocycles. The van der Waals surface area contributed by atoms with E-state index in [1.54, 1.807) is 10.9 Å². The molecule has 3 aromatic rings. The summed E-state index contributed by atoms with van der Waals surface area (Å²) >= 11 is 0. The second-order valence-corrected chi connectivity index (χ2v) is 10.4. The lowest BCUT2D eigenvalue weighted by atomic mass is 9.73. The molecule has 11 nitrogen and oxygen atoms in total.